The number of halogens is 6. The molecule has 19 heteroatoms. The molecule has 3 aromatic carbocycles. The third-order valence-electron chi connectivity index (χ3n) is 7.54. The maximum atomic E-state index is 13.7. The average Bonchev–Trinajstić information content (AvgIpc) is 3.70. The second-order valence-corrected chi connectivity index (χ2v) is 13.9. The Balaban J connectivity index is 0.000000714. The first-order valence-corrected chi connectivity index (χ1v) is 18.4. The van der Waals surface area contributed by atoms with Gasteiger partial charge in [-0.3, -0.25) is 14.4 Å². The van der Waals surface area contributed by atoms with Gasteiger partial charge in [0.2, 0.25) is 17.7 Å². The Kier molecular flexibility index (Phi) is 17.2. The predicted octanol–water partition coefficient (Wildman–Crippen LogP) is 6.89. The number of amides is 3. The van der Waals surface area contributed by atoms with Crippen LogP contribution in [-0.4, -0.2) is 63.1 Å². The molecule has 2 aliphatic heterocycles. The number of carbonyl (C=O) groups is 4. The number of benzene rings is 3. The van der Waals surface area contributed by atoms with Crippen LogP contribution in [0.15, 0.2) is 66.7 Å². The van der Waals surface area contributed by atoms with Gasteiger partial charge in [0.25, 0.3) is 0 Å². The molecule has 1 aliphatic carbocycles. The minimum atomic E-state index is -10.7. The number of hydrogen-bond acceptors (Lipinski definition) is 8. The van der Waals surface area contributed by atoms with Crippen molar-refractivity contribution in [2.75, 3.05) is 21.3 Å². The van der Waals surface area contributed by atoms with Gasteiger partial charge in [-0.15, -0.1) is 0 Å². The summed E-state index contributed by atoms with van der Waals surface area (Å²) in [5.41, 5.74) is 2.17. The van der Waals surface area contributed by atoms with Crippen LogP contribution in [0.2, 0.25) is 0 Å². The summed E-state index contributed by atoms with van der Waals surface area (Å²) in [5.74, 6) is -0.177. The summed E-state index contributed by atoms with van der Waals surface area (Å²) in [4.78, 5) is 52.2. The maximum absolute atomic E-state index is 13.7. The van der Waals surface area contributed by atoms with Crippen LogP contribution in [0.1, 0.15) is 23.6 Å². The molecule has 0 aromatic heterocycles. The second-order valence-electron chi connectivity index (χ2n) is 12.0. The van der Waals surface area contributed by atoms with E-state index in [1.54, 1.807) is 73.8 Å². The molecule has 11 nitrogen and oxygen atoms in total. The van der Waals surface area contributed by atoms with Crippen molar-refractivity contribution in [1.82, 2.24) is 16.0 Å². The van der Waals surface area contributed by atoms with Gasteiger partial charge in [-0.05, 0) is 85.2 Å². The van der Waals surface area contributed by atoms with Gasteiger partial charge in [-0.25, -0.2) is 4.79 Å². The number of ether oxygens (including phenoxy) is 4. The van der Waals surface area contributed by atoms with Crippen molar-refractivity contribution in [3.8, 4) is 23.0 Å². The minimum Gasteiger partial charge on any atom is -0.0312 e. The molecule has 3 aliphatic rings. The summed E-state index contributed by atoms with van der Waals surface area (Å²) >= 11 is 0. The van der Waals surface area contributed by atoms with E-state index in [4.69, 9.17) is 18.9 Å². The van der Waals surface area contributed by atoms with Crippen LogP contribution >= 0.6 is 7.81 Å². The molecular formula is C37H40F6N3O8PRu+. The van der Waals surface area contributed by atoms with Crippen LogP contribution in [0, 0.1) is 32.1 Å². The molecule has 4 bridgehead atoms. The number of esters is 1. The van der Waals surface area contributed by atoms with E-state index < -0.39 is 49.6 Å². The van der Waals surface area contributed by atoms with Gasteiger partial charge in [-0.2, -0.15) is 0 Å². The smallest absolute Gasteiger partial charge is 0.0312 e. The first-order chi connectivity index (χ1) is 25.6. The molecule has 56 heavy (non-hydrogen) atoms. The van der Waals surface area contributed by atoms with Gasteiger partial charge >= 0.3 is 58.4 Å². The number of methoxy groups -OCH3 is 3. The van der Waals surface area contributed by atoms with Gasteiger partial charge in [0.05, 0.1) is 21.3 Å². The Morgan fingerprint density at radius 1 is 0.768 bits per heavy atom. The third kappa shape index (κ3) is 18.5. The van der Waals surface area contributed by atoms with Crippen LogP contribution in [0.3, 0.4) is 0 Å². The van der Waals surface area contributed by atoms with Gasteiger partial charge in [-0.1, -0.05) is 30.3 Å². The second kappa shape index (κ2) is 20.1. The summed E-state index contributed by atoms with van der Waals surface area (Å²) in [6.45, 7) is 1.32. The molecule has 0 saturated heterocycles. The van der Waals surface area contributed by atoms with Crippen LogP contribution in [0.4, 0.5) is 25.2 Å². The quantitative estimate of drug-likeness (QED) is 0.105. The van der Waals surface area contributed by atoms with E-state index in [9.17, 15) is 44.4 Å². The van der Waals surface area contributed by atoms with Crippen LogP contribution < -0.4 is 30.2 Å². The average molecular weight is 901 g/mol. The van der Waals surface area contributed by atoms with Crippen LogP contribution in [0.5, 0.6) is 23.0 Å². The summed E-state index contributed by atoms with van der Waals surface area (Å²) in [6.07, 6.45) is 10.3. The fourth-order valence-electron chi connectivity index (χ4n) is 5.08. The molecular weight excluding hydrogens is 860 g/mol. The number of nitrogens with one attached hydrogen (secondary N) is 3. The van der Waals surface area contributed by atoms with Crippen molar-refractivity contribution in [2.45, 2.75) is 44.3 Å². The normalized spacial score (nSPS) is 19.4. The fourth-order valence-corrected chi connectivity index (χ4v) is 5.08. The SMILES string of the molecule is COC(=O)[C@@H]1Cc2ccc(OC)c(c2)Oc2ccc(cc2)C[C@H](NC(C)=O)C(=O)N[C@@H](Cc2ccc(OC)cc2)C(=O)N1.F[P-](F)(F)(F)(F)F.[CH]1[CH][CH][CH][CH]1.[Ru+2]. The molecule has 1 fully saturated rings. The van der Waals surface area contributed by atoms with Crippen molar-refractivity contribution in [3.63, 3.8) is 0 Å². The van der Waals surface area contributed by atoms with Crippen molar-refractivity contribution < 1.29 is 82.8 Å². The van der Waals surface area contributed by atoms with Gasteiger partial charge < -0.3 is 34.9 Å². The zero-order chi connectivity index (χ0) is 40.9. The van der Waals surface area contributed by atoms with E-state index in [2.05, 4.69) is 16.0 Å². The first kappa shape index (κ1) is 47.7. The predicted molar refractivity (Wildman–Crippen MR) is 192 cm³/mol. The molecule has 3 aromatic rings. The summed E-state index contributed by atoms with van der Waals surface area (Å²) in [5, 5.41) is 8.22. The molecule has 6 rings (SSSR count). The standard InChI is InChI=1S/C32H35N3O8.C5H5.F6P.Ru/c1-19(36)33-25-15-21-7-12-24(13-8-21)43-29-18-22(9-14-28(29)41-3)17-27(32(39)42-4)35-31(38)26(34-30(25)37)16-20-5-10-23(40-2)11-6-20;1-2-4-5-3-1;1-7(2,3,4,5)6;/h5-14,18,25-27H,15-17H2,1-4H3,(H,33,36)(H,34,37)(H,35,38);1-5H;;/q;;-1;+2/t25-,26-,27-;;;/m0.../s1. The number of fused-ring (bicyclic) bond motifs is 10. The molecule has 0 unspecified atom stereocenters. The fraction of sp³-hybridized carbons (Fsp3) is 0.270. The summed E-state index contributed by atoms with van der Waals surface area (Å²) < 4.78 is 81.0. The third-order valence-corrected chi connectivity index (χ3v) is 7.54. The monoisotopic (exact) mass is 901 g/mol. The Bertz CT molecular complexity index is 1760. The van der Waals surface area contributed by atoms with Gasteiger partial charge in [0, 0.05) is 26.2 Å². The number of hydrogen-bond donors (Lipinski definition) is 3. The Morgan fingerprint density at radius 2 is 1.32 bits per heavy atom. The Hall–Kier alpha value is -4.43. The summed E-state index contributed by atoms with van der Waals surface area (Å²) in [6, 6.07) is 16.2. The van der Waals surface area contributed by atoms with E-state index in [1.165, 1.54) is 21.1 Å². The molecule has 3 N–H and O–H groups in total. The van der Waals surface area contributed by atoms with E-state index in [1.807, 2.05) is 32.1 Å². The zero-order valence-electron chi connectivity index (χ0n) is 30.4. The van der Waals surface area contributed by atoms with Gasteiger partial charge in [0.1, 0.15) is 29.6 Å². The molecule has 2 heterocycles. The van der Waals surface area contributed by atoms with E-state index in [0.29, 0.717) is 28.6 Å². The van der Waals surface area contributed by atoms with Crippen LogP contribution in [0.25, 0.3) is 0 Å². The molecule has 3 atom stereocenters. The molecule has 5 radical (unpaired) electrons. The first-order valence-electron chi connectivity index (χ1n) is 16.4. The van der Waals surface area contributed by atoms with Gasteiger partial charge in [0.15, 0.2) is 11.5 Å². The number of rotatable bonds is 6. The largest absolute Gasteiger partial charge is 2.00 e. The van der Waals surface area contributed by atoms with Crippen molar-refractivity contribution >= 4 is 31.5 Å². The maximum Gasteiger partial charge on any atom is 2.00 e. The Morgan fingerprint density at radius 3 is 1.82 bits per heavy atom. The zero-order valence-corrected chi connectivity index (χ0v) is 33.1. The summed E-state index contributed by atoms with van der Waals surface area (Å²) in [7, 11) is -6.35. The molecule has 1 saturated carbocycles. The molecule has 0 spiro atoms. The molecule has 305 valence electrons. The topological polar surface area (TPSA) is 141 Å². The van der Waals surface area contributed by atoms with E-state index in [0.717, 1.165) is 11.1 Å². The van der Waals surface area contributed by atoms with Crippen LogP contribution in [-0.2, 0) is 62.7 Å². The Labute approximate surface area is 333 Å². The van der Waals surface area contributed by atoms with Crippen molar-refractivity contribution in [2.24, 2.45) is 0 Å². The molecule has 3 amide bonds. The van der Waals surface area contributed by atoms with E-state index >= 15 is 0 Å². The number of carbonyl (C=O) groups excluding carboxylic acids is 4. The van der Waals surface area contributed by atoms with Crippen molar-refractivity contribution in [3.05, 3.63) is 116 Å². The van der Waals surface area contributed by atoms with Crippen molar-refractivity contribution in [1.29, 1.82) is 0 Å². The minimum absolute atomic E-state index is 0. The van der Waals surface area contributed by atoms with E-state index in [-0.39, 0.29) is 38.7 Å².